The lowest BCUT2D eigenvalue weighted by atomic mass is 10.1. The zero-order chi connectivity index (χ0) is 15.4. The number of anilines is 2. The number of nitriles is 1. The summed E-state index contributed by atoms with van der Waals surface area (Å²) in [4.78, 5) is 8.37. The molecule has 0 bridgehead atoms. The van der Waals surface area contributed by atoms with E-state index in [0.717, 1.165) is 23.4 Å². The van der Waals surface area contributed by atoms with E-state index in [-0.39, 0.29) is 5.15 Å². The van der Waals surface area contributed by atoms with Crippen LogP contribution in [-0.2, 0) is 6.42 Å². The SMILES string of the molecule is Cc1cc(CC(C)C)ncc1Nc1ccnc(Cl)c1C#N. The Morgan fingerprint density at radius 1 is 1.33 bits per heavy atom. The van der Waals surface area contributed by atoms with Crippen molar-refractivity contribution in [3.05, 3.63) is 46.5 Å². The van der Waals surface area contributed by atoms with E-state index in [4.69, 9.17) is 16.9 Å². The number of rotatable bonds is 4. The average Bonchev–Trinajstić information content (AvgIpc) is 2.41. The summed E-state index contributed by atoms with van der Waals surface area (Å²) in [5.41, 5.74) is 3.99. The van der Waals surface area contributed by atoms with Gasteiger partial charge in [-0.05, 0) is 37.0 Å². The van der Waals surface area contributed by atoms with Gasteiger partial charge in [0.25, 0.3) is 0 Å². The normalized spacial score (nSPS) is 10.5. The number of nitrogens with zero attached hydrogens (tertiary/aromatic N) is 3. The van der Waals surface area contributed by atoms with E-state index in [0.29, 0.717) is 17.2 Å². The molecule has 0 radical (unpaired) electrons. The summed E-state index contributed by atoms with van der Waals surface area (Å²) in [5.74, 6) is 0.569. The first-order chi connectivity index (χ1) is 10.0. The summed E-state index contributed by atoms with van der Waals surface area (Å²) in [5, 5.41) is 12.6. The van der Waals surface area contributed by atoms with E-state index in [2.05, 4.69) is 41.3 Å². The first-order valence-electron chi connectivity index (χ1n) is 6.78. The van der Waals surface area contributed by atoms with Crippen molar-refractivity contribution in [3.63, 3.8) is 0 Å². The van der Waals surface area contributed by atoms with E-state index in [1.165, 1.54) is 0 Å². The van der Waals surface area contributed by atoms with Gasteiger partial charge in [0, 0.05) is 11.9 Å². The highest BCUT2D eigenvalue weighted by Crippen LogP contribution is 2.26. The van der Waals surface area contributed by atoms with Gasteiger partial charge in [-0.1, -0.05) is 25.4 Å². The average molecular weight is 301 g/mol. The molecule has 4 nitrogen and oxygen atoms in total. The topological polar surface area (TPSA) is 61.6 Å². The largest absolute Gasteiger partial charge is 0.353 e. The third-order valence-electron chi connectivity index (χ3n) is 3.07. The molecule has 0 saturated carbocycles. The van der Waals surface area contributed by atoms with Gasteiger partial charge in [0.15, 0.2) is 0 Å². The molecule has 1 N–H and O–H groups in total. The maximum atomic E-state index is 9.16. The lowest BCUT2D eigenvalue weighted by molar-refractivity contribution is 0.635. The molecule has 0 atom stereocenters. The fraction of sp³-hybridized carbons (Fsp3) is 0.312. The Morgan fingerprint density at radius 2 is 2.10 bits per heavy atom. The fourth-order valence-corrected chi connectivity index (χ4v) is 2.27. The first-order valence-corrected chi connectivity index (χ1v) is 7.16. The second kappa shape index (κ2) is 6.55. The predicted octanol–water partition coefficient (Wildman–Crippen LogP) is 4.25. The summed E-state index contributed by atoms with van der Waals surface area (Å²) in [6, 6.07) is 5.86. The van der Waals surface area contributed by atoms with Gasteiger partial charge in [0.1, 0.15) is 16.8 Å². The number of pyridine rings is 2. The van der Waals surface area contributed by atoms with Crippen molar-refractivity contribution in [1.82, 2.24) is 9.97 Å². The van der Waals surface area contributed by atoms with Crippen LogP contribution in [0.25, 0.3) is 0 Å². The highest BCUT2D eigenvalue weighted by Gasteiger charge is 2.10. The van der Waals surface area contributed by atoms with Crippen molar-refractivity contribution in [2.24, 2.45) is 5.92 Å². The summed E-state index contributed by atoms with van der Waals surface area (Å²) in [6.07, 6.45) is 4.32. The lowest BCUT2D eigenvalue weighted by Crippen LogP contribution is -2.02. The van der Waals surface area contributed by atoms with Crippen molar-refractivity contribution in [1.29, 1.82) is 5.26 Å². The molecule has 0 aliphatic rings. The minimum Gasteiger partial charge on any atom is -0.353 e. The lowest BCUT2D eigenvalue weighted by Gasteiger charge is -2.12. The highest BCUT2D eigenvalue weighted by molar-refractivity contribution is 6.30. The Kier molecular flexibility index (Phi) is 4.77. The fourth-order valence-electron chi connectivity index (χ4n) is 2.07. The Labute approximate surface area is 129 Å². The van der Waals surface area contributed by atoms with Crippen LogP contribution in [0.4, 0.5) is 11.4 Å². The van der Waals surface area contributed by atoms with Gasteiger partial charge in [0.05, 0.1) is 17.6 Å². The second-order valence-corrected chi connectivity index (χ2v) is 5.71. The van der Waals surface area contributed by atoms with Gasteiger partial charge in [-0.25, -0.2) is 4.98 Å². The highest BCUT2D eigenvalue weighted by atomic mass is 35.5. The Balaban J connectivity index is 2.29. The third-order valence-corrected chi connectivity index (χ3v) is 3.36. The molecule has 0 aromatic carbocycles. The van der Waals surface area contributed by atoms with Crippen molar-refractivity contribution in [2.75, 3.05) is 5.32 Å². The molecule has 0 unspecified atom stereocenters. The number of aromatic nitrogens is 2. The van der Waals surface area contributed by atoms with Crippen LogP contribution in [0.3, 0.4) is 0 Å². The van der Waals surface area contributed by atoms with Crippen LogP contribution in [-0.4, -0.2) is 9.97 Å². The summed E-state index contributed by atoms with van der Waals surface area (Å²) in [7, 11) is 0. The molecular formula is C16H17ClN4. The third kappa shape index (κ3) is 3.71. The Hall–Kier alpha value is -2.12. The van der Waals surface area contributed by atoms with Crippen molar-refractivity contribution in [2.45, 2.75) is 27.2 Å². The van der Waals surface area contributed by atoms with Gasteiger partial charge in [-0.2, -0.15) is 5.26 Å². The van der Waals surface area contributed by atoms with Crippen LogP contribution >= 0.6 is 11.6 Å². The first kappa shape index (κ1) is 15.3. The van der Waals surface area contributed by atoms with E-state index >= 15 is 0 Å². The van der Waals surface area contributed by atoms with Gasteiger partial charge < -0.3 is 5.32 Å². The molecule has 0 saturated heterocycles. The van der Waals surface area contributed by atoms with Crippen LogP contribution in [0.15, 0.2) is 24.5 Å². The predicted molar refractivity (Wildman–Crippen MR) is 84.8 cm³/mol. The van der Waals surface area contributed by atoms with E-state index in [1.54, 1.807) is 18.5 Å². The number of aryl methyl sites for hydroxylation is 1. The molecule has 108 valence electrons. The molecule has 0 aliphatic heterocycles. The van der Waals surface area contributed by atoms with Crippen LogP contribution in [0.2, 0.25) is 5.15 Å². The molecule has 2 heterocycles. The molecule has 2 rings (SSSR count). The van der Waals surface area contributed by atoms with Crippen molar-refractivity contribution >= 4 is 23.0 Å². The van der Waals surface area contributed by atoms with Gasteiger partial charge in [-0.3, -0.25) is 4.98 Å². The van der Waals surface area contributed by atoms with Gasteiger partial charge in [-0.15, -0.1) is 0 Å². The Bertz CT molecular complexity index is 689. The quantitative estimate of drug-likeness (QED) is 0.857. The molecule has 2 aromatic rings. The maximum Gasteiger partial charge on any atom is 0.148 e. The zero-order valence-corrected chi connectivity index (χ0v) is 13.1. The number of hydrogen-bond acceptors (Lipinski definition) is 4. The number of halogens is 1. The molecule has 0 aliphatic carbocycles. The van der Waals surface area contributed by atoms with E-state index < -0.39 is 0 Å². The standard InChI is InChI=1S/C16H17ClN4/c1-10(2)6-12-7-11(3)15(9-20-12)21-14-4-5-19-16(17)13(14)8-18/h4-5,7,9-10H,6H2,1-3H3,(H,19,21). The molecule has 5 heteroatoms. The van der Waals surface area contributed by atoms with Crippen molar-refractivity contribution < 1.29 is 0 Å². The molecule has 2 aromatic heterocycles. The van der Waals surface area contributed by atoms with Crippen LogP contribution < -0.4 is 5.32 Å². The molecule has 21 heavy (non-hydrogen) atoms. The summed E-state index contributed by atoms with van der Waals surface area (Å²) < 4.78 is 0. The zero-order valence-electron chi connectivity index (χ0n) is 12.3. The maximum absolute atomic E-state index is 9.16. The second-order valence-electron chi connectivity index (χ2n) is 5.35. The van der Waals surface area contributed by atoms with E-state index in [1.807, 2.05) is 6.92 Å². The van der Waals surface area contributed by atoms with Crippen LogP contribution in [0.1, 0.15) is 30.7 Å². The smallest absolute Gasteiger partial charge is 0.148 e. The number of hydrogen-bond donors (Lipinski definition) is 1. The number of nitrogens with one attached hydrogen (secondary N) is 1. The molecule has 0 amide bonds. The monoisotopic (exact) mass is 300 g/mol. The van der Waals surface area contributed by atoms with Gasteiger partial charge in [0.2, 0.25) is 0 Å². The van der Waals surface area contributed by atoms with E-state index in [9.17, 15) is 0 Å². The Morgan fingerprint density at radius 3 is 2.71 bits per heavy atom. The van der Waals surface area contributed by atoms with Gasteiger partial charge >= 0.3 is 0 Å². The van der Waals surface area contributed by atoms with Crippen LogP contribution in [0.5, 0.6) is 0 Å². The van der Waals surface area contributed by atoms with Crippen LogP contribution in [0, 0.1) is 24.2 Å². The molecular weight excluding hydrogens is 284 g/mol. The minimum atomic E-state index is 0.199. The summed E-state index contributed by atoms with van der Waals surface area (Å²) in [6.45, 7) is 6.35. The molecule has 0 fully saturated rings. The molecule has 0 spiro atoms. The van der Waals surface area contributed by atoms with Crippen molar-refractivity contribution in [3.8, 4) is 6.07 Å². The summed E-state index contributed by atoms with van der Waals surface area (Å²) >= 11 is 5.93. The minimum absolute atomic E-state index is 0.199.